The molecule has 18 heavy (non-hydrogen) atoms. The minimum atomic E-state index is -0.377. The monoisotopic (exact) mass is 312 g/mol. The molecule has 1 aliphatic rings. The van der Waals surface area contributed by atoms with E-state index < -0.39 is 0 Å². The van der Waals surface area contributed by atoms with Crippen molar-refractivity contribution in [2.24, 2.45) is 0 Å². The smallest absolute Gasteiger partial charge is 0.126 e. The van der Waals surface area contributed by atoms with E-state index >= 15 is 0 Å². The first kappa shape index (κ1) is 13.9. The van der Waals surface area contributed by atoms with Gasteiger partial charge in [0.1, 0.15) is 11.9 Å². The van der Waals surface area contributed by atoms with E-state index in [9.17, 15) is 5.11 Å². The standard InChI is InChI=1S/C15H21BrO2/c1-2-3-4-5-6-12-10-14(17)13-8-7-11(16)9-15(13)18-12/h7-9,12,14,17H,2-6,10H2,1H3/t12?,14-/m1/s1. The predicted molar refractivity (Wildman–Crippen MR) is 76.9 cm³/mol. The molecule has 1 unspecified atom stereocenters. The Bertz CT molecular complexity index is 392. The lowest BCUT2D eigenvalue weighted by Crippen LogP contribution is -2.25. The van der Waals surface area contributed by atoms with Crippen LogP contribution in [0.4, 0.5) is 0 Å². The zero-order valence-corrected chi connectivity index (χ0v) is 12.4. The Balaban J connectivity index is 1.94. The fourth-order valence-corrected chi connectivity index (χ4v) is 2.80. The van der Waals surface area contributed by atoms with Crippen LogP contribution in [0.15, 0.2) is 22.7 Å². The molecule has 0 saturated carbocycles. The van der Waals surface area contributed by atoms with Gasteiger partial charge in [-0.1, -0.05) is 48.2 Å². The van der Waals surface area contributed by atoms with Gasteiger partial charge < -0.3 is 9.84 Å². The molecular weight excluding hydrogens is 292 g/mol. The van der Waals surface area contributed by atoms with Crippen LogP contribution >= 0.6 is 15.9 Å². The predicted octanol–water partition coefficient (Wildman–Crippen LogP) is 4.60. The molecule has 2 nitrogen and oxygen atoms in total. The highest BCUT2D eigenvalue weighted by atomic mass is 79.9. The van der Waals surface area contributed by atoms with E-state index in [4.69, 9.17) is 4.74 Å². The Labute approximate surface area is 117 Å². The van der Waals surface area contributed by atoms with Gasteiger partial charge in [0.2, 0.25) is 0 Å². The van der Waals surface area contributed by atoms with Crippen LogP contribution in [0.5, 0.6) is 5.75 Å². The third-order valence-electron chi connectivity index (χ3n) is 3.49. The van der Waals surface area contributed by atoms with Crippen molar-refractivity contribution >= 4 is 15.9 Å². The fourth-order valence-electron chi connectivity index (χ4n) is 2.46. The molecule has 2 atom stereocenters. The lowest BCUT2D eigenvalue weighted by atomic mass is 9.96. The maximum atomic E-state index is 10.1. The Hall–Kier alpha value is -0.540. The zero-order chi connectivity index (χ0) is 13.0. The molecule has 0 aliphatic carbocycles. The molecule has 1 aliphatic heterocycles. The van der Waals surface area contributed by atoms with Crippen LogP contribution in [0.2, 0.25) is 0 Å². The van der Waals surface area contributed by atoms with Crippen molar-refractivity contribution in [3.63, 3.8) is 0 Å². The Morgan fingerprint density at radius 1 is 1.33 bits per heavy atom. The van der Waals surface area contributed by atoms with Gasteiger partial charge in [-0.2, -0.15) is 0 Å². The molecule has 1 aromatic rings. The number of unbranched alkanes of at least 4 members (excludes halogenated alkanes) is 3. The van der Waals surface area contributed by atoms with Crippen LogP contribution < -0.4 is 4.74 Å². The van der Waals surface area contributed by atoms with E-state index in [1.807, 2.05) is 18.2 Å². The minimum absolute atomic E-state index is 0.165. The number of rotatable bonds is 5. The summed E-state index contributed by atoms with van der Waals surface area (Å²) in [5, 5.41) is 10.1. The van der Waals surface area contributed by atoms with Crippen molar-refractivity contribution in [2.45, 2.75) is 57.7 Å². The summed E-state index contributed by atoms with van der Waals surface area (Å²) >= 11 is 3.44. The topological polar surface area (TPSA) is 29.5 Å². The van der Waals surface area contributed by atoms with Gasteiger partial charge >= 0.3 is 0 Å². The summed E-state index contributed by atoms with van der Waals surface area (Å²) in [6.07, 6.45) is 6.55. The van der Waals surface area contributed by atoms with Gasteiger partial charge in [0.05, 0.1) is 6.10 Å². The molecule has 1 aromatic carbocycles. The quantitative estimate of drug-likeness (QED) is 0.805. The highest BCUT2D eigenvalue weighted by Gasteiger charge is 2.26. The fraction of sp³-hybridized carbons (Fsp3) is 0.600. The second kappa shape index (κ2) is 6.58. The molecule has 0 radical (unpaired) electrons. The molecule has 0 saturated heterocycles. The van der Waals surface area contributed by atoms with E-state index in [1.54, 1.807) is 0 Å². The summed E-state index contributed by atoms with van der Waals surface area (Å²) in [5.74, 6) is 0.837. The van der Waals surface area contributed by atoms with Gasteiger partial charge in [-0.05, 0) is 25.0 Å². The van der Waals surface area contributed by atoms with Crippen LogP contribution in [0.25, 0.3) is 0 Å². The largest absolute Gasteiger partial charge is 0.490 e. The number of aliphatic hydroxyl groups excluding tert-OH is 1. The molecule has 2 rings (SSSR count). The van der Waals surface area contributed by atoms with E-state index in [2.05, 4.69) is 22.9 Å². The van der Waals surface area contributed by atoms with E-state index in [-0.39, 0.29) is 12.2 Å². The highest BCUT2D eigenvalue weighted by molar-refractivity contribution is 9.10. The summed E-state index contributed by atoms with van der Waals surface area (Å²) in [4.78, 5) is 0. The number of hydrogen-bond donors (Lipinski definition) is 1. The summed E-state index contributed by atoms with van der Waals surface area (Å²) in [6, 6.07) is 5.85. The molecule has 0 spiro atoms. The molecule has 100 valence electrons. The van der Waals surface area contributed by atoms with Crippen LogP contribution in [0.1, 0.15) is 57.1 Å². The number of halogens is 1. The van der Waals surface area contributed by atoms with Gasteiger partial charge in [0.15, 0.2) is 0 Å². The van der Waals surface area contributed by atoms with Crippen molar-refractivity contribution in [1.82, 2.24) is 0 Å². The molecule has 3 heteroatoms. The van der Waals surface area contributed by atoms with Crippen molar-refractivity contribution in [2.75, 3.05) is 0 Å². The lowest BCUT2D eigenvalue weighted by molar-refractivity contribution is 0.0604. The average Bonchev–Trinajstić information content (AvgIpc) is 2.34. The number of fused-ring (bicyclic) bond motifs is 1. The lowest BCUT2D eigenvalue weighted by Gasteiger charge is -2.29. The number of ether oxygens (including phenoxy) is 1. The second-order valence-corrected chi connectivity index (χ2v) is 5.94. The summed E-state index contributed by atoms with van der Waals surface area (Å²) < 4.78 is 6.97. The van der Waals surface area contributed by atoms with E-state index in [0.29, 0.717) is 0 Å². The molecule has 0 aromatic heterocycles. The van der Waals surface area contributed by atoms with Gasteiger partial charge in [-0.15, -0.1) is 0 Å². The van der Waals surface area contributed by atoms with E-state index in [0.717, 1.165) is 28.6 Å². The Morgan fingerprint density at radius 2 is 2.17 bits per heavy atom. The highest BCUT2D eigenvalue weighted by Crippen LogP contribution is 2.37. The number of benzene rings is 1. The van der Waals surface area contributed by atoms with Crippen LogP contribution in [0, 0.1) is 0 Å². The third kappa shape index (κ3) is 3.48. The van der Waals surface area contributed by atoms with Crippen LogP contribution in [-0.2, 0) is 0 Å². The third-order valence-corrected chi connectivity index (χ3v) is 3.99. The molecule has 1 N–H and O–H groups in total. The summed E-state index contributed by atoms with van der Waals surface area (Å²) in [6.45, 7) is 2.22. The van der Waals surface area contributed by atoms with Gasteiger partial charge in [-0.3, -0.25) is 0 Å². The van der Waals surface area contributed by atoms with Gasteiger partial charge in [0.25, 0.3) is 0 Å². The first-order valence-electron chi connectivity index (χ1n) is 6.85. The first-order valence-corrected chi connectivity index (χ1v) is 7.64. The second-order valence-electron chi connectivity index (χ2n) is 5.02. The van der Waals surface area contributed by atoms with Crippen LogP contribution in [0.3, 0.4) is 0 Å². The minimum Gasteiger partial charge on any atom is -0.490 e. The number of hydrogen-bond acceptors (Lipinski definition) is 2. The summed E-state index contributed by atoms with van der Waals surface area (Å²) in [7, 11) is 0. The maximum absolute atomic E-state index is 10.1. The normalized spacial score (nSPS) is 22.4. The number of aliphatic hydroxyl groups is 1. The average molecular weight is 313 g/mol. The molecule has 0 amide bonds. The van der Waals surface area contributed by atoms with Crippen molar-refractivity contribution in [1.29, 1.82) is 0 Å². The van der Waals surface area contributed by atoms with Gasteiger partial charge in [-0.25, -0.2) is 0 Å². The first-order chi connectivity index (χ1) is 8.70. The van der Waals surface area contributed by atoms with Crippen molar-refractivity contribution < 1.29 is 9.84 Å². The Kier molecular flexibility index (Phi) is 5.07. The zero-order valence-electron chi connectivity index (χ0n) is 10.9. The van der Waals surface area contributed by atoms with E-state index in [1.165, 1.54) is 25.7 Å². The van der Waals surface area contributed by atoms with Crippen LogP contribution in [-0.4, -0.2) is 11.2 Å². The van der Waals surface area contributed by atoms with Gasteiger partial charge in [0, 0.05) is 16.5 Å². The molecule has 1 heterocycles. The molecule has 0 bridgehead atoms. The van der Waals surface area contributed by atoms with Crippen molar-refractivity contribution in [3.8, 4) is 5.75 Å². The SMILES string of the molecule is CCCCCCC1C[C@@H](O)c2ccc(Br)cc2O1. The van der Waals surface area contributed by atoms with Crippen molar-refractivity contribution in [3.05, 3.63) is 28.2 Å². The summed E-state index contributed by atoms with van der Waals surface area (Å²) in [5.41, 5.74) is 0.919. The molecule has 0 fully saturated rings. The maximum Gasteiger partial charge on any atom is 0.126 e. The Morgan fingerprint density at radius 3 is 2.94 bits per heavy atom. The molecular formula is C15H21BrO2.